The summed E-state index contributed by atoms with van der Waals surface area (Å²) >= 11 is 0. The largest absolute Gasteiger partial charge is 0.573 e. The number of carbonyl (C=O) groups excluding carboxylic acids is 2. The van der Waals surface area contributed by atoms with Crippen molar-refractivity contribution in [1.82, 2.24) is 4.90 Å². The van der Waals surface area contributed by atoms with E-state index >= 15 is 0 Å². The predicted octanol–water partition coefficient (Wildman–Crippen LogP) is 9.37. The molecule has 2 amide bonds. The van der Waals surface area contributed by atoms with Crippen LogP contribution in [0.3, 0.4) is 0 Å². The number of methoxy groups -OCH3 is 1. The SMILES string of the molecule is COc1ccc(NC(=O)N(Cc2ccc(OC(F)(F)F)cc2)CC2(O)CCC3C45C=CC6(C=C4C(=O)C4CCCCC4)CC(O)CCC6(C)C5CCC32C)cc1. The maximum absolute atomic E-state index is 14.9. The summed E-state index contributed by atoms with van der Waals surface area (Å²) in [5.41, 5.74) is -1.13. The number of nitrogens with zero attached hydrogens (tertiary/aromatic N) is 1. The molecule has 8 unspecified atom stereocenters. The van der Waals surface area contributed by atoms with E-state index in [0.29, 0.717) is 42.7 Å². The lowest BCUT2D eigenvalue weighted by atomic mass is 9.32. The molecular formula is C45H55F3N2O6. The number of benzene rings is 2. The Labute approximate surface area is 327 Å². The van der Waals surface area contributed by atoms with E-state index in [4.69, 9.17) is 4.74 Å². The van der Waals surface area contributed by atoms with Crippen LogP contribution in [0.1, 0.15) is 96.5 Å². The minimum atomic E-state index is -4.83. The molecule has 56 heavy (non-hydrogen) atoms. The number of allylic oxidation sites excluding steroid dienone is 4. The van der Waals surface area contributed by atoms with E-state index < -0.39 is 40.3 Å². The number of rotatable bonds is 9. The van der Waals surface area contributed by atoms with E-state index in [1.165, 1.54) is 24.3 Å². The number of Topliss-reactive ketones (excluding diaryl/α,β-unsaturated/α-hetero) is 1. The molecule has 11 heteroatoms. The molecule has 2 bridgehead atoms. The number of ether oxygens (including phenoxy) is 2. The Morgan fingerprint density at radius 1 is 0.857 bits per heavy atom. The maximum atomic E-state index is 14.9. The molecular weight excluding hydrogens is 721 g/mol. The molecule has 2 spiro atoms. The van der Waals surface area contributed by atoms with E-state index in [0.717, 1.165) is 56.9 Å². The second kappa shape index (κ2) is 13.9. The topological polar surface area (TPSA) is 108 Å². The number of urea groups is 1. The van der Waals surface area contributed by atoms with Gasteiger partial charge in [-0.15, -0.1) is 13.2 Å². The Kier molecular flexibility index (Phi) is 9.70. The lowest BCUT2D eigenvalue weighted by Crippen LogP contribution is -2.67. The second-order valence-electron chi connectivity index (χ2n) is 18.2. The smallest absolute Gasteiger partial charge is 0.497 e. The maximum Gasteiger partial charge on any atom is 0.573 e. The summed E-state index contributed by atoms with van der Waals surface area (Å²) in [6.07, 6.45) is 11.5. The van der Waals surface area contributed by atoms with Crippen LogP contribution >= 0.6 is 0 Å². The monoisotopic (exact) mass is 776 g/mol. The van der Waals surface area contributed by atoms with E-state index in [1.807, 2.05) is 0 Å². The molecule has 3 N–H and O–H groups in total. The van der Waals surface area contributed by atoms with Crippen LogP contribution in [-0.2, 0) is 11.3 Å². The van der Waals surface area contributed by atoms with Crippen molar-refractivity contribution in [3.63, 3.8) is 0 Å². The molecule has 0 saturated heterocycles. The number of anilines is 1. The number of alkyl halides is 3. The molecule has 7 aliphatic rings. The fraction of sp³-hybridized carbons (Fsp3) is 0.600. The zero-order valence-electron chi connectivity index (χ0n) is 32.7. The predicted molar refractivity (Wildman–Crippen MR) is 206 cm³/mol. The Morgan fingerprint density at radius 3 is 2.18 bits per heavy atom. The van der Waals surface area contributed by atoms with Gasteiger partial charge in [-0.25, -0.2) is 4.79 Å². The van der Waals surface area contributed by atoms with Crippen LogP contribution in [-0.4, -0.2) is 58.6 Å². The number of halogens is 3. The first-order valence-corrected chi connectivity index (χ1v) is 20.5. The first kappa shape index (κ1) is 39.0. The van der Waals surface area contributed by atoms with Gasteiger partial charge in [-0.2, -0.15) is 0 Å². The van der Waals surface area contributed by atoms with Crippen molar-refractivity contribution in [2.75, 3.05) is 19.0 Å². The van der Waals surface area contributed by atoms with Crippen molar-refractivity contribution in [2.24, 2.45) is 39.4 Å². The van der Waals surface area contributed by atoms with Crippen LogP contribution < -0.4 is 14.8 Å². The fourth-order valence-corrected chi connectivity index (χ4v) is 12.6. The molecule has 0 aromatic heterocycles. The van der Waals surface area contributed by atoms with Gasteiger partial charge < -0.3 is 29.9 Å². The number of nitrogens with one attached hydrogen (secondary N) is 1. The normalized spacial score (nSPS) is 36.1. The van der Waals surface area contributed by atoms with Gasteiger partial charge in [0, 0.05) is 40.0 Å². The minimum Gasteiger partial charge on any atom is -0.497 e. The van der Waals surface area contributed by atoms with Gasteiger partial charge in [-0.05, 0) is 117 Å². The van der Waals surface area contributed by atoms with Crippen LogP contribution in [0.4, 0.5) is 23.7 Å². The third kappa shape index (κ3) is 6.26. The van der Waals surface area contributed by atoms with E-state index in [1.54, 1.807) is 36.3 Å². The molecule has 302 valence electrons. The highest BCUT2D eigenvalue weighted by molar-refractivity contribution is 6.00. The summed E-state index contributed by atoms with van der Waals surface area (Å²) in [4.78, 5) is 30.7. The van der Waals surface area contributed by atoms with Crippen LogP contribution in [0.5, 0.6) is 11.5 Å². The van der Waals surface area contributed by atoms with Gasteiger partial charge in [-0.1, -0.05) is 63.5 Å². The standard InChI is InChI=1S/C45H55F3N2O6/c1-40-20-17-32(51)25-42(40)23-24-44(35(26-42)38(52)30-7-5-4-6-8-30)36(40)18-21-41(2)37(44)19-22-43(41,54)28-50(39(53)49-31-11-15-33(55-3)16-12-31)27-29-9-13-34(14-10-29)56-45(46,47)48/h9-16,23-24,26,30,32,36-37,51,54H,4-8,17-22,25,27-28H2,1-3H3,(H,49,53). The molecule has 0 heterocycles. The highest BCUT2D eigenvalue weighted by atomic mass is 19.4. The van der Waals surface area contributed by atoms with Crippen LogP contribution in [0, 0.1) is 39.4 Å². The number of hydrogen-bond donors (Lipinski definition) is 3. The van der Waals surface area contributed by atoms with Crippen LogP contribution in [0.25, 0.3) is 0 Å². The minimum absolute atomic E-state index is 0.0176. The number of hydrogen-bond acceptors (Lipinski definition) is 6. The third-order valence-electron chi connectivity index (χ3n) is 15.6. The highest BCUT2D eigenvalue weighted by Crippen LogP contribution is 2.78. The van der Waals surface area contributed by atoms with Crippen LogP contribution in [0.15, 0.2) is 72.3 Å². The molecule has 4 saturated carbocycles. The van der Waals surface area contributed by atoms with Crippen molar-refractivity contribution in [1.29, 1.82) is 0 Å². The second-order valence-corrected chi connectivity index (χ2v) is 18.2. The number of ketones is 1. The van der Waals surface area contributed by atoms with Crippen molar-refractivity contribution in [3.8, 4) is 11.5 Å². The summed E-state index contributed by atoms with van der Waals surface area (Å²) in [7, 11) is 1.56. The molecule has 8 nitrogen and oxygen atoms in total. The zero-order chi connectivity index (χ0) is 39.7. The first-order valence-electron chi connectivity index (χ1n) is 20.5. The summed E-state index contributed by atoms with van der Waals surface area (Å²) in [6.45, 7) is 4.54. The molecule has 0 aliphatic heterocycles. The number of amides is 2. The van der Waals surface area contributed by atoms with Crippen molar-refractivity contribution in [3.05, 3.63) is 77.9 Å². The van der Waals surface area contributed by atoms with E-state index in [9.17, 15) is 33.0 Å². The Morgan fingerprint density at radius 2 is 1.50 bits per heavy atom. The molecule has 2 aromatic rings. The molecule has 4 fully saturated rings. The van der Waals surface area contributed by atoms with Crippen LogP contribution in [0.2, 0.25) is 0 Å². The molecule has 7 aliphatic carbocycles. The molecule has 8 atom stereocenters. The van der Waals surface area contributed by atoms with Crippen molar-refractivity contribution in [2.45, 2.75) is 116 Å². The van der Waals surface area contributed by atoms with Crippen molar-refractivity contribution >= 4 is 17.5 Å². The summed E-state index contributed by atoms with van der Waals surface area (Å²) in [5, 5.41) is 27.1. The van der Waals surface area contributed by atoms with Gasteiger partial charge in [0.05, 0.1) is 25.4 Å². The van der Waals surface area contributed by atoms with Crippen molar-refractivity contribution < 1.29 is 42.4 Å². The zero-order valence-corrected chi connectivity index (χ0v) is 32.7. The first-order chi connectivity index (χ1) is 26.5. The van der Waals surface area contributed by atoms with Gasteiger partial charge in [0.2, 0.25) is 0 Å². The average Bonchev–Trinajstić information content (AvgIpc) is 3.44. The molecule has 9 rings (SSSR count). The summed E-state index contributed by atoms with van der Waals surface area (Å²) in [6, 6.07) is 11.9. The van der Waals surface area contributed by atoms with Gasteiger partial charge >= 0.3 is 12.4 Å². The highest BCUT2D eigenvalue weighted by Gasteiger charge is 2.74. The number of carbonyl (C=O) groups is 2. The Balaban J connectivity index is 1.14. The molecule has 0 radical (unpaired) electrons. The third-order valence-corrected chi connectivity index (χ3v) is 15.6. The lowest BCUT2D eigenvalue weighted by Gasteiger charge is -2.71. The van der Waals surface area contributed by atoms with Gasteiger partial charge in [0.25, 0.3) is 0 Å². The Hall–Kier alpha value is -3.83. The Bertz CT molecular complexity index is 1890. The van der Waals surface area contributed by atoms with Gasteiger partial charge in [0.1, 0.15) is 11.5 Å². The number of fused-ring (bicyclic) bond motifs is 1. The fourth-order valence-electron chi connectivity index (χ4n) is 12.6. The number of aliphatic hydroxyl groups excluding tert-OH is 1. The van der Waals surface area contributed by atoms with E-state index in [-0.39, 0.29) is 47.8 Å². The molecule has 2 aromatic carbocycles. The summed E-state index contributed by atoms with van der Waals surface area (Å²) < 4.78 is 48.2. The number of aliphatic hydroxyl groups is 2. The quantitative estimate of drug-likeness (QED) is 0.219. The lowest BCUT2D eigenvalue weighted by molar-refractivity contribution is -0.274. The van der Waals surface area contributed by atoms with Gasteiger partial charge in [-0.3, -0.25) is 4.79 Å². The average molecular weight is 777 g/mol. The van der Waals surface area contributed by atoms with E-state index in [2.05, 4.69) is 42.1 Å². The van der Waals surface area contributed by atoms with Gasteiger partial charge in [0.15, 0.2) is 5.78 Å². The summed E-state index contributed by atoms with van der Waals surface area (Å²) in [5.74, 6) is 0.598.